The Morgan fingerprint density at radius 3 is 1.89 bits per heavy atom. The summed E-state index contributed by atoms with van der Waals surface area (Å²) in [4.78, 5) is 25.2. The molecular formula is C36H41F11N2O8. The number of hydrogen-bond acceptors (Lipinski definition) is 10. The molecule has 0 saturated carbocycles. The number of unbranched alkanes of at least 4 members (excludes halogenated alkanes) is 2. The number of alkyl halides is 11. The van der Waals surface area contributed by atoms with Gasteiger partial charge in [-0.1, -0.05) is 31.9 Å². The van der Waals surface area contributed by atoms with Crippen LogP contribution in [0.4, 0.5) is 48.3 Å². The van der Waals surface area contributed by atoms with Gasteiger partial charge in [0.05, 0.1) is 17.0 Å². The predicted octanol–water partition coefficient (Wildman–Crippen LogP) is 8.95. The monoisotopic (exact) mass is 838 g/mol. The number of carbonyl (C=O) groups excluding carboxylic acids is 1. The summed E-state index contributed by atoms with van der Waals surface area (Å²) < 4.78 is 177. The Morgan fingerprint density at radius 1 is 0.754 bits per heavy atom. The fraction of sp³-hybridized carbons (Fsp3) is 0.556. The third-order valence-corrected chi connectivity index (χ3v) is 7.93. The summed E-state index contributed by atoms with van der Waals surface area (Å²) in [6.45, 7) is 3.06. The third kappa shape index (κ3) is 14.7. The Morgan fingerprint density at radius 2 is 1.35 bits per heavy atom. The van der Waals surface area contributed by atoms with Crippen molar-refractivity contribution in [1.82, 2.24) is 0 Å². The van der Waals surface area contributed by atoms with E-state index in [9.17, 15) is 57.9 Å². The first-order chi connectivity index (χ1) is 25.8. The van der Waals surface area contributed by atoms with Crippen molar-refractivity contribution in [1.29, 1.82) is 0 Å². The van der Waals surface area contributed by atoms with Crippen LogP contribution in [0, 0.1) is 5.92 Å². The van der Waals surface area contributed by atoms with E-state index in [1.807, 2.05) is 6.92 Å². The molecule has 21 heteroatoms. The van der Waals surface area contributed by atoms with Gasteiger partial charge in [-0.15, -0.1) is 17.6 Å². The van der Waals surface area contributed by atoms with Crippen molar-refractivity contribution in [3.05, 3.63) is 64.0 Å². The summed E-state index contributed by atoms with van der Waals surface area (Å²) in [5.41, 5.74) is 5.85. The maximum atomic E-state index is 14.3. The second-order valence-corrected chi connectivity index (χ2v) is 14.5. The molecule has 2 aromatic carbocycles. The molecule has 0 spiro atoms. The largest absolute Gasteiger partial charge is 0.496 e. The molecule has 3 aromatic rings. The topological polar surface area (TPSA) is 145 Å². The molecule has 1 atom stereocenters. The number of carbonyl (C=O) groups is 1. The van der Waals surface area contributed by atoms with Crippen LogP contribution in [0.15, 0.2) is 51.7 Å². The van der Waals surface area contributed by atoms with E-state index in [0.29, 0.717) is 18.4 Å². The van der Waals surface area contributed by atoms with Crippen molar-refractivity contribution < 1.29 is 81.2 Å². The molecule has 10 nitrogen and oxygen atoms in total. The quantitative estimate of drug-likeness (QED) is 0.0372. The van der Waals surface area contributed by atoms with Crippen LogP contribution in [0.3, 0.4) is 0 Å². The molecule has 0 amide bonds. The number of aryl methyl sites for hydroxylation is 1. The minimum absolute atomic E-state index is 0.0172. The smallest absolute Gasteiger partial charge is 0.484 e. The van der Waals surface area contributed by atoms with E-state index in [-0.39, 0.29) is 11.8 Å². The fourth-order valence-electron chi connectivity index (χ4n) is 5.35. The number of benzene rings is 2. The van der Waals surface area contributed by atoms with Crippen LogP contribution in [0.5, 0.6) is 5.75 Å². The highest BCUT2D eigenvalue weighted by molar-refractivity contribution is 5.83. The van der Waals surface area contributed by atoms with E-state index in [1.165, 1.54) is 33.8 Å². The van der Waals surface area contributed by atoms with Gasteiger partial charge in [-0.3, -0.25) is 4.79 Å². The number of esters is 1. The summed E-state index contributed by atoms with van der Waals surface area (Å²) in [6.07, 6.45) is -24.9. The number of ether oxygens (including phenoxy) is 5. The maximum Gasteiger partial charge on any atom is 0.496 e. The third-order valence-electron chi connectivity index (χ3n) is 7.93. The Bertz CT molecular complexity index is 1910. The molecule has 0 aliphatic rings. The van der Waals surface area contributed by atoms with Crippen molar-refractivity contribution in [3.63, 3.8) is 0 Å². The summed E-state index contributed by atoms with van der Waals surface area (Å²) in [7, 11) is 0. The van der Waals surface area contributed by atoms with Gasteiger partial charge in [0.2, 0.25) is 0 Å². The predicted molar refractivity (Wildman–Crippen MR) is 180 cm³/mol. The molecular weight excluding hydrogens is 797 g/mol. The van der Waals surface area contributed by atoms with E-state index < -0.39 is 101 Å². The molecule has 0 saturated heterocycles. The molecule has 0 bridgehead atoms. The molecule has 0 radical (unpaired) electrons. The van der Waals surface area contributed by atoms with Gasteiger partial charge in [0.15, 0.2) is 13.2 Å². The molecule has 0 aliphatic heterocycles. The Hall–Kier alpha value is -4.05. The Balaban J connectivity index is 1.68. The lowest BCUT2D eigenvalue weighted by Gasteiger charge is -2.34. The zero-order valence-electron chi connectivity index (χ0n) is 31.1. The SMILES string of the molecule is CCCCCc1ccc(-c2cc3ccc(OCC(F)(F)OC(F)(F)OC(F)(F)OC(F)(F)COC(=O)C(CC(C)(C)N)C(C)(C)N)cc3oc2=O)c(C(F)(F)F)c1. The van der Waals surface area contributed by atoms with Gasteiger partial charge >= 0.3 is 42.6 Å². The highest BCUT2D eigenvalue weighted by Gasteiger charge is 2.57. The van der Waals surface area contributed by atoms with Crippen LogP contribution >= 0.6 is 0 Å². The molecule has 1 unspecified atom stereocenters. The lowest BCUT2D eigenvalue weighted by Crippen LogP contribution is -2.51. The van der Waals surface area contributed by atoms with Gasteiger partial charge in [-0.2, -0.15) is 30.7 Å². The minimum Gasteiger partial charge on any atom is -0.484 e. The van der Waals surface area contributed by atoms with Crippen LogP contribution in [0.1, 0.15) is 71.4 Å². The lowest BCUT2D eigenvalue weighted by atomic mass is 9.80. The van der Waals surface area contributed by atoms with Crippen LogP contribution in [0.25, 0.3) is 22.1 Å². The second-order valence-electron chi connectivity index (χ2n) is 14.5. The van der Waals surface area contributed by atoms with E-state index in [2.05, 4.69) is 23.7 Å². The van der Waals surface area contributed by atoms with Crippen molar-refractivity contribution in [2.45, 2.75) is 109 Å². The first-order valence-electron chi connectivity index (χ1n) is 17.1. The number of rotatable bonds is 20. The fourth-order valence-corrected chi connectivity index (χ4v) is 5.35. The standard InChI is InChI=1S/C36H41F11N2O8/c1-6-7-8-9-20-10-13-23(25(14-20)34(41,42)43)24-15-21-11-12-22(16-27(21)54-28(24)50)52-18-32(37,38)55-35(44,45)57-36(46,47)56-33(39,40)19-53-29(51)26(31(4,5)49)17-30(2,3)48/h10-16,26H,6-9,17-19,48-49H2,1-5H3. The van der Waals surface area contributed by atoms with Gasteiger partial charge in [0.25, 0.3) is 0 Å². The van der Waals surface area contributed by atoms with E-state index in [4.69, 9.17) is 15.9 Å². The summed E-state index contributed by atoms with van der Waals surface area (Å²) >= 11 is 0. The van der Waals surface area contributed by atoms with Gasteiger partial charge in [0.1, 0.15) is 11.3 Å². The van der Waals surface area contributed by atoms with E-state index in [1.54, 1.807) is 0 Å². The molecule has 0 aliphatic carbocycles. The number of hydrogen-bond donors (Lipinski definition) is 2. The molecule has 0 fully saturated rings. The van der Waals surface area contributed by atoms with E-state index >= 15 is 0 Å². The van der Waals surface area contributed by atoms with Crippen LogP contribution in [-0.4, -0.2) is 55.1 Å². The minimum atomic E-state index is -6.03. The highest BCUT2D eigenvalue weighted by Crippen LogP contribution is 2.40. The number of nitrogens with two attached hydrogens (primary N) is 2. The van der Waals surface area contributed by atoms with Crippen molar-refractivity contribution >= 4 is 16.9 Å². The average molecular weight is 839 g/mol. The summed E-state index contributed by atoms with van der Waals surface area (Å²) in [6, 6.07) is 7.29. The van der Waals surface area contributed by atoms with Crippen molar-refractivity contribution in [2.75, 3.05) is 13.2 Å². The number of halogens is 11. The molecule has 1 heterocycles. The van der Waals surface area contributed by atoms with Gasteiger partial charge in [-0.25, -0.2) is 19.0 Å². The molecule has 3 rings (SSSR count). The first kappa shape index (κ1) is 47.3. The molecule has 320 valence electrons. The summed E-state index contributed by atoms with van der Waals surface area (Å²) in [5, 5.41) is -0.0172. The van der Waals surface area contributed by atoms with Crippen molar-refractivity contribution in [3.8, 4) is 16.9 Å². The Labute approximate surface area is 318 Å². The zero-order valence-corrected chi connectivity index (χ0v) is 31.1. The second kappa shape index (κ2) is 17.4. The van der Waals surface area contributed by atoms with Crippen LogP contribution < -0.4 is 21.8 Å². The molecule has 4 N–H and O–H groups in total. The van der Waals surface area contributed by atoms with Gasteiger partial charge in [0, 0.05) is 28.1 Å². The average Bonchev–Trinajstić information content (AvgIpc) is 3.02. The van der Waals surface area contributed by atoms with Gasteiger partial charge in [-0.05, 0) is 76.8 Å². The number of fused-ring (bicyclic) bond motifs is 1. The normalized spacial score (nSPS) is 14.2. The molecule has 1 aromatic heterocycles. The highest BCUT2D eigenvalue weighted by atomic mass is 19.4. The zero-order chi connectivity index (χ0) is 43.4. The van der Waals surface area contributed by atoms with Crippen LogP contribution in [0.2, 0.25) is 0 Å². The summed E-state index contributed by atoms with van der Waals surface area (Å²) in [5.74, 6) is -3.40. The van der Waals surface area contributed by atoms with Gasteiger partial charge < -0.3 is 25.4 Å². The lowest BCUT2D eigenvalue weighted by molar-refractivity contribution is -0.574. The Kier molecular flexibility index (Phi) is 14.5. The molecule has 57 heavy (non-hydrogen) atoms. The maximum absolute atomic E-state index is 14.3. The van der Waals surface area contributed by atoms with Crippen molar-refractivity contribution in [2.24, 2.45) is 17.4 Å². The van der Waals surface area contributed by atoms with E-state index in [0.717, 1.165) is 49.2 Å². The first-order valence-corrected chi connectivity index (χ1v) is 17.1. The van der Waals surface area contributed by atoms with Crippen LogP contribution in [-0.2, 0) is 36.3 Å².